The van der Waals surface area contributed by atoms with Crippen LogP contribution < -0.4 is 5.73 Å². The molecule has 0 aliphatic heterocycles. The number of rotatable bonds is 2. The fraction of sp³-hybridized carbons (Fsp3) is 1.00. The van der Waals surface area contributed by atoms with Crippen LogP contribution in [0.15, 0.2) is 0 Å². The van der Waals surface area contributed by atoms with Gasteiger partial charge in [0.25, 0.3) is 0 Å². The van der Waals surface area contributed by atoms with E-state index in [9.17, 15) is 0 Å². The lowest BCUT2D eigenvalue weighted by molar-refractivity contribution is -0.0468. The molecule has 0 aliphatic carbocycles. The quantitative estimate of drug-likeness (QED) is 0.524. The zero-order chi connectivity index (χ0) is 7.49. The van der Waals surface area contributed by atoms with Crippen molar-refractivity contribution in [1.29, 1.82) is 0 Å². The Balaban J connectivity index is 3.28. The standard InChI is InChI=1S/C6H15NO2/c1-6(2,3)9-4-5(7)8/h5,8H,4,7H2,1-3H3. The Bertz CT molecular complexity index is 75.6. The Hall–Kier alpha value is -0.120. The molecule has 3 heteroatoms. The first kappa shape index (κ1) is 8.88. The maximum atomic E-state index is 8.57. The van der Waals surface area contributed by atoms with Gasteiger partial charge in [0.1, 0.15) is 6.23 Å². The molecule has 0 bridgehead atoms. The van der Waals surface area contributed by atoms with Crippen LogP contribution in [0, 0.1) is 0 Å². The van der Waals surface area contributed by atoms with Gasteiger partial charge in [0.15, 0.2) is 0 Å². The number of aliphatic hydroxyl groups excluding tert-OH is 1. The van der Waals surface area contributed by atoms with Gasteiger partial charge in [-0.2, -0.15) is 0 Å². The summed E-state index contributed by atoms with van der Waals surface area (Å²) in [4.78, 5) is 0. The van der Waals surface area contributed by atoms with Gasteiger partial charge in [-0.05, 0) is 20.8 Å². The molecule has 0 aliphatic rings. The van der Waals surface area contributed by atoms with Gasteiger partial charge in [0.2, 0.25) is 0 Å². The van der Waals surface area contributed by atoms with E-state index in [2.05, 4.69) is 0 Å². The van der Waals surface area contributed by atoms with Crippen LogP contribution >= 0.6 is 0 Å². The van der Waals surface area contributed by atoms with Crippen molar-refractivity contribution in [3.8, 4) is 0 Å². The molecule has 3 N–H and O–H groups in total. The minimum atomic E-state index is -0.857. The Labute approximate surface area is 55.8 Å². The van der Waals surface area contributed by atoms with Gasteiger partial charge in [0.05, 0.1) is 12.2 Å². The van der Waals surface area contributed by atoms with E-state index in [-0.39, 0.29) is 12.2 Å². The summed E-state index contributed by atoms with van der Waals surface area (Å²) in [5.41, 5.74) is 4.82. The summed E-state index contributed by atoms with van der Waals surface area (Å²) >= 11 is 0. The van der Waals surface area contributed by atoms with Gasteiger partial charge in [-0.1, -0.05) is 0 Å². The average Bonchev–Trinajstić information content (AvgIpc) is 1.59. The van der Waals surface area contributed by atoms with Crippen molar-refractivity contribution in [2.45, 2.75) is 32.6 Å². The number of hydrogen-bond acceptors (Lipinski definition) is 3. The van der Waals surface area contributed by atoms with E-state index in [4.69, 9.17) is 15.6 Å². The Morgan fingerprint density at radius 1 is 1.56 bits per heavy atom. The van der Waals surface area contributed by atoms with E-state index in [0.29, 0.717) is 0 Å². The smallest absolute Gasteiger partial charge is 0.126 e. The van der Waals surface area contributed by atoms with E-state index >= 15 is 0 Å². The first-order chi connectivity index (χ1) is 3.92. The zero-order valence-corrected chi connectivity index (χ0v) is 6.22. The van der Waals surface area contributed by atoms with Crippen LogP contribution in [-0.2, 0) is 4.74 Å². The number of hydrogen-bond donors (Lipinski definition) is 2. The first-order valence-corrected chi connectivity index (χ1v) is 2.99. The second-order valence-electron chi connectivity index (χ2n) is 2.99. The number of ether oxygens (including phenoxy) is 1. The summed E-state index contributed by atoms with van der Waals surface area (Å²) in [6.07, 6.45) is -0.857. The predicted octanol–water partition coefficient (Wildman–Crippen LogP) is 0.0786. The van der Waals surface area contributed by atoms with Crippen molar-refractivity contribution in [3.05, 3.63) is 0 Å². The minimum Gasteiger partial charge on any atom is -0.376 e. The van der Waals surface area contributed by atoms with E-state index in [1.54, 1.807) is 0 Å². The molecule has 0 aromatic heterocycles. The summed E-state index contributed by atoms with van der Waals surface area (Å²) in [7, 11) is 0. The summed E-state index contributed by atoms with van der Waals surface area (Å²) in [6, 6.07) is 0. The fourth-order valence-corrected chi connectivity index (χ4v) is 0.335. The highest BCUT2D eigenvalue weighted by Gasteiger charge is 2.10. The largest absolute Gasteiger partial charge is 0.376 e. The van der Waals surface area contributed by atoms with Gasteiger partial charge in [-0.25, -0.2) is 0 Å². The molecular weight excluding hydrogens is 118 g/mol. The normalized spacial score (nSPS) is 15.7. The first-order valence-electron chi connectivity index (χ1n) is 2.99. The summed E-state index contributed by atoms with van der Waals surface area (Å²) < 4.78 is 5.12. The van der Waals surface area contributed by atoms with Crippen LogP contribution in [-0.4, -0.2) is 23.5 Å². The average molecular weight is 133 g/mol. The third kappa shape index (κ3) is 7.88. The number of nitrogens with two attached hydrogens (primary N) is 1. The van der Waals surface area contributed by atoms with Gasteiger partial charge in [0, 0.05) is 0 Å². The Morgan fingerprint density at radius 3 is 2.11 bits per heavy atom. The van der Waals surface area contributed by atoms with Crippen molar-refractivity contribution in [3.63, 3.8) is 0 Å². The molecule has 0 aromatic carbocycles. The van der Waals surface area contributed by atoms with Gasteiger partial charge >= 0.3 is 0 Å². The highest BCUT2D eigenvalue weighted by atomic mass is 16.5. The molecule has 0 saturated carbocycles. The summed E-state index contributed by atoms with van der Waals surface area (Å²) in [5, 5.41) is 8.57. The predicted molar refractivity (Wildman–Crippen MR) is 35.9 cm³/mol. The van der Waals surface area contributed by atoms with Crippen molar-refractivity contribution < 1.29 is 9.84 Å². The maximum Gasteiger partial charge on any atom is 0.126 e. The van der Waals surface area contributed by atoms with Gasteiger partial charge in [-0.3, -0.25) is 0 Å². The van der Waals surface area contributed by atoms with E-state index in [1.807, 2.05) is 20.8 Å². The summed E-state index contributed by atoms with van der Waals surface area (Å²) in [5.74, 6) is 0. The highest BCUT2D eigenvalue weighted by molar-refractivity contribution is 4.59. The molecule has 0 heterocycles. The van der Waals surface area contributed by atoms with Gasteiger partial charge < -0.3 is 15.6 Å². The van der Waals surface area contributed by atoms with E-state index in [1.165, 1.54) is 0 Å². The van der Waals surface area contributed by atoms with Crippen molar-refractivity contribution >= 4 is 0 Å². The van der Waals surface area contributed by atoms with E-state index < -0.39 is 6.23 Å². The molecule has 3 nitrogen and oxygen atoms in total. The maximum absolute atomic E-state index is 8.57. The minimum absolute atomic E-state index is 0.198. The molecule has 0 amide bonds. The fourth-order valence-electron chi connectivity index (χ4n) is 0.335. The van der Waals surface area contributed by atoms with Crippen LogP contribution in [0.1, 0.15) is 20.8 Å². The van der Waals surface area contributed by atoms with Crippen molar-refractivity contribution in [1.82, 2.24) is 0 Å². The Morgan fingerprint density at radius 2 is 2.00 bits per heavy atom. The van der Waals surface area contributed by atoms with Crippen LogP contribution in [0.4, 0.5) is 0 Å². The molecule has 1 unspecified atom stereocenters. The second kappa shape index (κ2) is 3.15. The molecule has 0 radical (unpaired) electrons. The van der Waals surface area contributed by atoms with Crippen molar-refractivity contribution in [2.24, 2.45) is 5.73 Å². The van der Waals surface area contributed by atoms with Gasteiger partial charge in [-0.15, -0.1) is 0 Å². The Kier molecular flexibility index (Phi) is 3.11. The topological polar surface area (TPSA) is 55.5 Å². The molecule has 9 heavy (non-hydrogen) atoms. The van der Waals surface area contributed by atoms with E-state index in [0.717, 1.165) is 0 Å². The molecule has 0 fully saturated rings. The van der Waals surface area contributed by atoms with Crippen LogP contribution in [0.2, 0.25) is 0 Å². The lowest BCUT2D eigenvalue weighted by Gasteiger charge is -2.20. The molecule has 0 spiro atoms. The highest BCUT2D eigenvalue weighted by Crippen LogP contribution is 2.05. The SMILES string of the molecule is CC(C)(C)OCC(N)O. The molecular formula is C6H15NO2. The van der Waals surface area contributed by atoms with Crippen LogP contribution in [0.3, 0.4) is 0 Å². The second-order valence-corrected chi connectivity index (χ2v) is 2.99. The zero-order valence-electron chi connectivity index (χ0n) is 6.22. The molecule has 0 aromatic rings. The summed E-state index contributed by atoms with van der Waals surface area (Å²) in [6.45, 7) is 5.93. The molecule has 0 rings (SSSR count). The van der Waals surface area contributed by atoms with Crippen molar-refractivity contribution in [2.75, 3.05) is 6.61 Å². The third-order valence-corrected chi connectivity index (χ3v) is 0.687. The molecule has 1 atom stereocenters. The third-order valence-electron chi connectivity index (χ3n) is 0.687. The lowest BCUT2D eigenvalue weighted by Crippen LogP contribution is -2.31. The lowest BCUT2D eigenvalue weighted by atomic mass is 10.2. The monoisotopic (exact) mass is 133 g/mol. The number of aliphatic hydroxyl groups is 1. The molecule has 56 valence electrons. The van der Waals surface area contributed by atoms with Crippen LogP contribution in [0.25, 0.3) is 0 Å². The molecule has 0 saturated heterocycles. The van der Waals surface area contributed by atoms with Crippen LogP contribution in [0.5, 0.6) is 0 Å².